The quantitative estimate of drug-likeness (QED) is 0.718. The van der Waals surface area contributed by atoms with Gasteiger partial charge in [0.1, 0.15) is 0 Å². The van der Waals surface area contributed by atoms with E-state index in [0.29, 0.717) is 11.5 Å². The molecule has 0 saturated heterocycles. The molecule has 1 rings (SSSR count). The van der Waals surface area contributed by atoms with Gasteiger partial charge in [-0.25, -0.2) is 4.79 Å². The standard InChI is InChI=1S/C11H16O2S/c1-5-7(2)10-8(3)9(6-14-10)11(12)13-4/h6-7H,5H2,1-4H3. The monoisotopic (exact) mass is 212 g/mol. The largest absolute Gasteiger partial charge is 0.465 e. The van der Waals surface area contributed by atoms with Crippen LogP contribution in [0.25, 0.3) is 0 Å². The fourth-order valence-corrected chi connectivity index (χ4v) is 2.62. The molecule has 78 valence electrons. The van der Waals surface area contributed by atoms with Crippen LogP contribution >= 0.6 is 11.3 Å². The number of carbonyl (C=O) groups is 1. The number of rotatable bonds is 3. The summed E-state index contributed by atoms with van der Waals surface area (Å²) < 4.78 is 4.71. The van der Waals surface area contributed by atoms with Crippen LogP contribution in [-0.2, 0) is 4.74 Å². The van der Waals surface area contributed by atoms with Crippen LogP contribution in [-0.4, -0.2) is 13.1 Å². The third-order valence-electron chi connectivity index (χ3n) is 2.54. The molecule has 0 radical (unpaired) electrons. The van der Waals surface area contributed by atoms with Crippen molar-refractivity contribution in [3.05, 3.63) is 21.4 Å². The zero-order valence-corrected chi connectivity index (χ0v) is 9.90. The fourth-order valence-electron chi connectivity index (χ4n) is 1.41. The molecule has 0 amide bonds. The summed E-state index contributed by atoms with van der Waals surface area (Å²) in [7, 11) is 1.42. The molecule has 1 heterocycles. The molecule has 0 saturated carbocycles. The molecule has 0 N–H and O–H groups in total. The minimum atomic E-state index is -0.228. The lowest BCUT2D eigenvalue weighted by Gasteiger charge is -2.07. The summed E-state index contributed by atoms with van der Waals surface area (Å²) in [6, 6.07) is 0. The maximum Gasteiger partial charge on any atom is 0.338 e. The van der Waals surface area contributed by atoms with Crippen LogP contribution < -0.4 is 0 Å². The van der Waals surface area contributed by atoms with E-state index >= 15 is 0 Å². The van der Waals surface area contributed by atoms with Gasteiger partial charge < -0.3 is 4.74 Å². The number of ether oxygens (including phenoxy) is 1. The molecule has 0 bridgehead atoms. The van der Waals surface area contributed by atoms with Crippen molar-refractivity contribution in [3.63, 3.8) is 0 Å². The highest BCUT2D eigenvalue weighted by Crippen LogP contribution is 2.31. The molecule has 0 spiro atoms. The summed E-state index contributed by atoms with van der Waals surface area (Å²) in [5.74, 6) is 0.298. The van der Waals surface area contributed by atoms with Gasteiger partial charge in [0.25, 0.3) is 0 Å². The summed E-state index contributed by atoms with van der Waals surface area (Å²) >= 11 is 1.65. The van der Waals surface area contributed by atoms with Crippen LogP contribution in [0.5, 0.6) is 0 Å². The zero-order chi connectivity index (χ0) is 10.7. The summed E-state index contributed by atoms with van der Waals surface area (Å²) in [6.45, 7) is 6.33. The minimum Gasteiger partial charge on any atom is -0.465 e. The average Bonchev–Trinajstić information content (AvgIpc) is 2.58. The minimum absolute atomic E-state index is 0.228. The first-order valence-electron chi connectivity index (χ1n) is 4.78. The number of hydrogen-bond acceptors (Lipinski definition) is 3. The van der Waals surface area contributed by atoms with E-state index in [1.54, 1.807) is 11.3 Å². The number of methoxy groups -OCH3 is 1. The van der Waals surface area contributed by atoms with Gasteiger partial charge in [0.05, 0.1) is 12.7 Å². The molecular formula is C11H16O2S. The highest BCUT2D eigenvalue weighted by molar-refractivity contribution is 7.10. The normalized spacial score (nSPS) is 12.6. The first-order valence-corrected chi connectivity index (χ1v) is 5.66. The lowest BCUT2D eigenvalue weighted by molar-refractivity contribution is 0.0600. The van der Waals surface area contributed by atoms with E-state index in [1.165, 1.54) is 12.0 Å². The van der Waals surface area contributed by atoms with Crippen LogP contribution in [0.4, 0.5) is 0 Å². The number of hydrogen-bond donors (Lipinski definition) is 0. The summed E-state index contributed by atoms with van der Waals surface area (Å²) in [5, 5.41) is 1.89. The van der Waals surface area contributed by atoms with Crippen LogP contribution in [0, 0.1) is 6.92 Å². The molecule has 0 aliphatic carbocycles. The molecule has 3 heteroatoms. The molecular weight excluding hydrogens is 196 g/mol. The second-order valence-electron chi connectivity index (χ2n) is 3.44. The van der Waals surface area contributed by atoms with Gasteiger partial charge in [-0.3, -0.25) is 0 Å². The van der Waals surface area contributed by atoms with Crippen molar-refractivity contribution in [2.75, 3.05) is 7.11 Å². The zero-order valence-electron chi connectivity index (χ0n) is 9.09. The second-order valence-corrected chi connectivity index (χ2v) is 4.35. The first-order chi connectivity index (χ1) is 6.61. The van der Waals surface area contributed by atoms with Gasteiger partial charge in [-0.2, -0.15) is 0 Å². The Bertz CT molecular complexity index is 328. The Morgan fingerprint density at radius 1 is 1.64 bits per heavy atom. The van der Waals surface area contributed by atoms with E-state index in [2.05, 4.69) is 13.8 Å². The van der Waals surface area contributed by atoms with Gasteiger partial charge >= 0.3 is 5.97 Å². The van der Waals surface area contributed by atoms with Crippen molar-refractivity contribution in [3.8, 4) is 0 Å². The fraction of sp³-hybridized carbons (Fsp3) is 0.545. The number of esters is 1. The Morgan fingerprint density at radius 2 is 2.29 bits per heavy atom. The van der Waals surface area contributed by atoms with E-state index in [9.17, 15) is 4.79 Å². The van der Waals surface area contributed by atoms with Gasteiger partial charge in [-0.1, -0.05) is 13.8 Å². The highest BCUT2D eigenvalue weighted by Gasteiger charge is 2.17. The van der Waals surface area contributed by atoms with E-state index in [1.807, 2.05) is 12.3 Å². The molecule has 0 aromatic carbocycles. The number of thiophene rings is 1. The molecule has 0 aliphatic heterocycles. The van der Waals surface area contributed by atoms with Crippen LogP contribution in [0.15, 0.2) is 5.38 Å². The Hall–Kier alpha value is -0.830. The topological polar surface area (TPSA) is 26.3 Å². The molecule has 1 aromatic heterocycles. The molecule has 0 aliphatic rings. The maximum atomic E-state index is 11.3. The van der Waals surface area contributed by atoms with Crippen molar-refractivity contribution >= 4 is 17.3 Å². The number of carbonyl (C=O) groups excluding carboxylic acids is 1. The summed E-state index contributed by atoms with van der Waals surface area (Å²) in [6.07, 6.45) is 1.10. The lowest BCUT2D eigenvalue weighted by atomic mass is 10.0. The van der Waals surface area contributed by atoms with E-state index in [4.69, 9.17) is 4.74 Å². The van der Waals surface area contributed by atoms with Gasteiger partial charge in [0, 0.05) is 10.3 Å². The summed E-state index contributed by atoms with van der Waals surface area (Å²) in [5.41, 5.74) is 1.80. The third-order valence-corrected chi connectivity index (χ3v) is 3.86. The van der Waals surface area contributed by atoms with Gasteiger partial charge in [0.2, 0.25) is 0 Å². The predicted octanol–water partition coefficient (Wildman–Crippen LogP) is 3.36. The Labute approximate surface area is 88.9 Å². The molecule has 1 aromatic rings. The van der Waals surface area contributed by atoms with Crippen molar-refractivity contribution in [2.45, 2.75) is 33.1 Å². The summed E-state index contributed by atoms with van der Waals surface area (Å²) in [4.78, 5) is 12.6. The Morgan fingerprint density at radius 3 is 2.79 bits per heavy atom. The van der Waals surface area contributed by atoms with Crippen LogP contribution in [0.2, 0.25) is 0 Å². The Balaban J connectivity index is 3.02. The first kappa shape index (κ1) is 11.2. The highest BCUT2D eigenvalue weighted by atomic mass is 32.1. The Kier molecular flexibility index (Phi) is 3.69. The molecule has 14 heavy (non-hydrogen) atoms. The smallest absolute Gasteiger partial charge is 0.338 e. The van der Waals surface area contributed by atoms with E-state index in [0.717, 1.165) is 12.0 Å². The molecule has 2 nitrogen and oxygen atoms in total. The lowest BCUT2D eigenvalue weighted by Crippen LogP contribution is -2.02. The van der Waals surface area contributed by atoms with E-state index in [-0.39, 0.29) is 5.97 Å². The van der Waals surface area contributed by atoms with Gasteiger partial charge in [0.15, 0.2) is 0 Å². The average molecular weight is 212 g/mol. The van der Waals surface area contributed by atoms with Crippen molar-refractivity contribution in [1.82, 2.24) is 0 Å². The third kappa shape index (κ3) is 1.98. The predicted molar refractivity (Wildman–Crippen MR) is 59.1 cm³/mol. The van der Waals surface area contributed by atoms with Gasteiger partial charge in [-0.05, 0) is 24.8 Å². The van der Waals surface area contributed by atoms with Crippen molar-refractivity contribution in [2.24, 2.45) is 0 Å². The maximum absolute atomic E-state index is 11.3. The van der Waals surface area contributed by atoms with Crippen molar-refractivity contribution in [1.29, 1.82) is 0 Å². The van der Waals surface area contributed by atoms with Crippen LogP contribution in [0.1, 0.15) is 47.0 Å². The SMILES string of the molecule is CCC(C)c1scc(C(=O)OC)c1C. The van der Waals surface area contributed by atoms with Crippen LogP contribution in [0.3, 0.4) is 0 Å². The molecule has 1 unspecified atom stereocenters. The van der Waals surface area contributed by atoms with E-state index < -0.39 is 0 Å². The molecule has 0 fully saturated rings. The van der Waals surface area contributed by atoms with Crippen molar-refractivity contribution < 1.29 is 9.53 Å². The molecule has 1 atom stereocenters. The second kappa shape index (κ2) is 4.60. The van der Waals surface area contributed by atoms with Gasteiger partial charge in [-0.15, -0.1) is 11.3 Å².